The molecule has 11 heteroatoms. The summed E-state index contributed by atoms with van der Waals surface area (Å²) in [5.74, 6) is -0.636. The largest absolute Gasteiger partial charge is 0.433 e. The Kier molecular flexibility index (Phi) is 5.29. The normalized spacial score (nSPS) is 11.9. The van der Waals surface area contributed by atoms with Crippen LogP contribution in [0.25, 0.3) is 16.2 Å². The van der Waals surface area contributed by atoms with Crippen LogP contribution < -0.4 is 5.32 Å². The summed E-state index contributed by atoms with van der Waals surface area (Å²) in [6.45, 7) is 6.30. The Bertz CT molecular complexity index is 1270. The van der Waals surface area contributed by atoms with Gasteiger partial charge in [-0.3, -0.25) is 9.48 Å². The van der Waals surface area contributed by atoms with Crippen molar-refractivity contribution in [1.29, 1.82) is 0 Å². The molecular formula is C20H19F3N6OS. The molecule has 1 N–H and O–H groups in total. The number of anilines is 1. The third-order valence-corrected chi connectivity index (χ3v) is 6.12. The van der Waals surface area contributed by atoms with Gasteiger partial charge in [0.1, 0.15) is 0 Å². The number of hydrogen-bond donors (Lipinski definition) is 1. The SMILES string of the molecule is CCc1ccc(-c2cc(C(F)(F)F)n3nc(C(=O)Nc4cnn(CC)c4C)cc3n2)s1. The molecule has 0 unspecified atom stereocenters. The molecule has 0 aliphatic rings. The van der Waals surface area contributed by atoms with Crippen LogP contribution in [0, 0.1) is 6.92 Å². The molecule has 0 saturated heterocycles. The van der Waals surface area contributed by atoms with Crippen molar-refractivity contribution in [2.45, 2.75) is 39.9 Å². The van der Waals surface area contributed by atoms with Crippen LogP contribution >= 0.6 is 11.3 Å². The number of carbonyl (C=O) groups excluding carboxylic acids is 1. The summed E-state index contributed by atoms with van der Waals surface area (Å²) in [4.78, 5) is 18.7. The maximum absolute atomic E-state index is 13.7. The van der Waals surface area contributed by atoms with Gasteiger partial charge in [0.05, 0.1) is 28.1 Å². The predicted molar refractivity (Wildman–Crippen MR) is 111 cm³/mol. The highest BCUT2D eigenvalue weighted by Crippen LogP contribution is 2.34. The monoisotopic (exact) mass is 448 g/mol. The van der Waals surface area contributed by atoms with Gasteiger partial charge in [0.25, 0.3) is 5.91 Å². The zero-order valence-electron chi connectivity index (χ0n) is 17.0. The quantitative estimate of drug-likeness (QED) is 0.475. The third kappa shape index (κ3) is 3.92. The first-order valence-corrected chi connectivity index (χ1v) is 10.4. The van der Waals surface area contributed by atoms with Crippen LogP contribution in [0.4, 0.5) is 18.9 Å². The Labute approximate surface area is 179 Å². The van der Waals surface area contributed by atoms with Crippen molar-refractivity contribution < 1.29 is 18.0 Å². The number of nitrogens with one attached hydrogen (secondary N) is 1. The van der Waals surface area contributed by atoms with Gasteiger partial charge in [0, 0.05) is 17.5 Å². The average Bonchev–Trinajstić information content (AvgIpc) is 3.44. The maximum atomic E-state index is 13.7. The molecule has 0 aromatic carbocycles. The van der Waals surface area contributed by atoms with Gasteiger partial charge in [-0.1, -0.05) is 6.92 Å². The van der Waals surface area contributed by atoms with Crippen LogP contribution in [0.2, 0.25) is 0 Å². The van der Waals surface area contributed by atoms with Crippen LogP contribution in [0.3, 0.4) is 0 Å². The fraction of sp³-hybridized carbons (Fsp3) is 0.300. The zero-order chi connectivity index (χ0) is 22.3. The molecule has 31 heavy (non-hydrogen) atoms. The number of nitrogens with zero attached hydrogens (tertiary/aromatic N) is 5. The van der Waals surface area contributed by atoms with Crippen LogP contribution in [-0.2, 0) is 19.1 Å². The summed E-state index contributed by atoms with van der Waals surface area (Å²) in [6.07, 6.45) is -2.39. The predicted octanol–water partition coefficient (Wildman–Crippen LogP) is 4.82. The molecule has 1 amide bonds. The second kappa shape index (κ2) is 7.80. The Morgan fingerprint density at radius 1 is 1.23 bits per heavy atom. The van der Waals surface area contributed by atoms with Gasteiger partial charge in [-0.05, 0) is 38.5 Å². The number of alkyl halides is 3. The molecule has 0 fully saturated rings. The van der Waals surface area contributed by atoms with Crippen LogP contribution in [0.1, 0.15) is 40.6 Å². The number of carbonyl (C=O) groups is 1. The highest BCUT2D eigenvalue weighted by atomic mass is 32.1. The van der Waals surface area contributed by atoms with Gasteiger partial charge in [-0.15, -0.1) is 11.3 Å². The molecule has 0 atom stereocenters. The van der Waals surface area contributed by atoms with Gasteiger partial charge in [0.15, 0.2) is 17.0 Å². The van der Waals surface area contributed by atoms with E-state index in [1.54, 1.807) is 17.7 Å². The number of rotatable bonds is 5. The summed E-state index contributed by atoms with van der Waals surface area (Å²) < 4.78 is 43.6. The summed E-state index contributed by atoms with van der Waals surface area (Å²) in [5.41, 5.74) is 0.186. The van der Waals surface area contributed by atoms with Crippen molar-refractivity contribution in [3.05, 3.63) is 52.4 Å². The van der Waals surface area contributed by atoms with Crippen LogP contribution in [-0.4, -0.2) is 30.3 Å². The van der Waals surface area contributed by atoms with E-state index in [9.17, 15) is 18.0 Å². The molecule has 4 rings (SSSR count). The topological polar surface area (TPSA) is 77.1 Å². The summed E-state index contributed by atoms with van der Waals surface area (Å²) in [5, 5.41) is 10.7. The lowest BCUT2D eigenvalue weighted by Gasteiger charge is -2.10. The number of fused-ring (bicyclic) bond motifs is 1. The molecule has 0 radical (unpaired) electrons. The lowest BCUT2D eigenvalue weighted by Crippen LogP contribution is -2.16. The fourth-order valence-corrected chi connectivity index (χ4v) is 4.10. The van der Waals surface area contributed by atoms with Gasteiger partial charge in [0.2, 0.25) is 0 Å². The molecule has 4 aromatic rings. The molecule has 0 aliphatic heterocycles. The van der Waals surface area contributed by atoms with Gasteiger partial charge in [-0.2, -0.15) is 23.4 Å². The Balaban J connectivity index is 1.76. The van der Waals surface area contributed by atoms with Crippen LogP contribution in [0.15, 0.2) is 30.5 Å². The number of hydrogen-bond acceptors (Lipinski definition) is 5. The van der Waals surface area contributed by atoms with E-state index in [0.29, 0.717) is 21.6 Å². The van der Waals surface area contributed by atoms with E-state index < -0.39 is 17.8 Å². The maximum Gasteiger partial charge on any atom is 0.433 e. The Morgan fingerprint density at radius 3 is 2.61 bits per heavy atom. The third-order valence-electron chi connectivity index (χ3n) is 4.86. The minimum Gasteiger partial charge on any atom is -0.318 e. The first kappa shape index (κ1) is 21.0. The van der Waals surface area contributed by atoms with E-state index in [-0.39, 0.29) is 17.0 Å². The van der Waals surface area contributed by atoms with Crippen molar-refractivity contribution in [3.8, 4) is 10.6 Å². The average molecular weight is 448 g/mol. The van der Waals surface area contributed by atoms with E-state index in [1.165, 1.54) is 23.6 Å². The van der Waals surface area contributed by atoms with Crippen LogP contribution in [0.5, 0.6) is 0 Å². The molecule has 0 bridgehead atoms. The highest BCUT2D eigenvalue weighted by molar-refractivity contribution is 7.15. The lowest BCUT2D eigenvalue weighted by molar-refractivity contribution is -0.142. The molecule has 0 aliphatic carbocycles. The molecular weight excluding hydrogens is 429 g/mol. The number of aryl methyl sites for hydroxylation is 2. The van der Waals surface area contributed by atoms with Crippen molar-refractivity contribution in [2.75, 3.05) is 5.32 Å². The molecule has 4 aromatic heterocycles. The first-order valence-electron chi connectivity index (χ1n) is 9.62. The van der Waals surface area contributed by atoms with E-state index in [0.717, 1.165) is 23.1 Å². The van der Waals surface area contributed by atoms with Gasteiger partial charge in [-0.25, -0.2) is 9.50 Å². The Morgan fingerprint density at radius 2 is 2.00 bits per heavy atom. The molecule has 4 heterocycles. The van der Waals surface area contributed by atoms with Crippen molar-refractivity contribution in [3.63, 3.8) is 0 Å². The summed E-state index contributed by atoms with van der Waals surface area (Å²) in [6, 6.07) is 5.83. The minimum absolute atomic E-state index is 0.0533. The molecule has 0 spiro atoms. The fourth-order valence-electron chi connectivity index (χ4n) is 3.19. The lowest BCUT2D eigenvalue weighted by atomic mass is 10.2. The standard InChI is InChI=1S/C20H19F3N6OS/c1-4-12-6-7-16(31-12)13-8-17(20(21,22)23)29-18(25-13)9-14(27-29)19(30)26-15-10-24-28(5-2)11(15)3/h6-10H,4-5H2,1-3H3,(H,26,30). The second-order valence-corrected chi connectivity index (χ2v) is 8.03. The number of amides is 1. The second-order valence-electron chi connectivity index (χ2n) is 6.86. The Hall–Kier alpha value is -3.21. The van der Waals surface area contributed by atoms with E-state index in [4.69, 9.17) is 0 Å². The summed E-state index contributed by atoms with van der Waals surface area (Å²) >= 11 is 1.39. The van der Waals surface area contributed by atoms with Crippen molar-refractivity contribution in [2.24, 2.45) is 0 Å². The summed E-state index contributed by atoms with van der Waals surface area (Å²) in [7, 11) is 0. The van der Waals surface area contributed by atoms with Gasteiger partial charge < -0.3 is 5.32 Å². The van der Waals surface area contributed by atoms with Crippen molar-refractivity contribution in [1.82, 2.24) is 24.4 Å². The zero-order valence-corrected chi connectivity index (χ0v) is 17.8. The number of thiophene rings is 1. The molecule has 162 valence electrons. The molecule has 7 nitrogen and oxygen atoms in total. The smallest absolute Gasteiger partial charge is 0.318 e. The van der Waals surface area contributed by atoms with E-state index >= 15 is 0 Å². The number of halogens is 3. The van der Waals surface area contributed by atoms with E-state index in [2.05, 4.69) is 20.5 Å². The van der Waals surface area contributed by atoms with E-state index in [1.807, 2.05) is 19.9 Å². The number of aromatic nitrogens is 5. The van der Waals surface area contributed by atoms with Gasteiger partial charge >= 0.3 is 6.18 Å². The minimum atomic E-state index is -4.67. The first-order chi connectivity index (χ1) is 14.7. The molecule has 0 saturated carbocycles. The van der Waals surface area contributed by atoms with Crippen molar-refractivity contribution >= 4 is 28.6 Å². The highest BCUT2D eigenvalue weighted by Gasteiger charge is 2.36.